The van der Waals surface area contributed by atoms with Crippen LogP contribution in [0.3, 0.4) is 0 Å². The van der Waals surface area contributed by atoms with E-state index in [4.69, 9.17) is 4.52 Å². The van der Waals surface area contributed by atoms with Crippen molar-refractivity contribution in [3.05, 3.63) is 46.0 Å². The number of amides is 1. The van der Waals surface area contributed by atoms with Crippen LogP contribution in [0.1, 0.15) is 81.6 Å². The first-order valence-corrected chi connectivity index (χ1v) is 13.1. The largest absolute Gasteiger partial charge is 0.348 e. The Kier molecular flexibility index (Phi) is 5.00. The molecule has 35 heavy (non-hydrogen) atoms. The molecule has 1 aromatic heterocycles. The summed E-state index contributed by atoms with van der Waals surface area (Å²) in [5, 5.41) is 17.7. The van der Waals surface area contributed by atoms with Crippen LogP contribution in [0.25, 0.3) is 0 Å². The van der Waals surface area contributed by atoms with Crippen molar-refractivity contribution >= 4 is 21.8 Å². The van der Waals surface area contributed by atoms with Gasteiger partial charge in [-0.1, -0.05) is 33.2 Å². The zero-order chi connectivity index (χ0) is 24.6. The van der Waals surface area contributed by atoms with Gasteiger partial charge in [0.15, 0.2) is 5.82 Å². The number of hydrogen-bond donors (Lipinski definition) is 1. The van der Waals surface area contributed by atoms with Gasteiger partial charge in [0, 0.05) is 27.6 Å². The van der Waals surface area contributed by atoms with Crippen molar-refractivity contribution in [2.75, 3.05) is 0 Å². The van der Waals surface area contributed by atoms with Crippen molar-refractivity contribution in [1.29, 1.82) is 5.26 Å². The first-order valence-electron chi connectivity index (χ1n) is 12.3. The number of benzene rings is 1. The number of hydrogen-bond acceptors (Lipinski definition) is 5. The summed E-state index contributed by atoms with van der Waals surface area (Å²) in [5.41, 5.74) is -0.249. The van der Waals surface area contributed by atoms with Gasteiger partial charge in [0.25, 0.3) is 5.89 Å². The van der Waals surface area contributed by atoms with Crippen molar-refractivity contribution in [1.82, 2.24) is 15.5 Å². The summed E-state index contributed by atoms with van der Waals surface area (Å²) in [6.07, 6.45) is 6.01. The van der Waals surface area contributed by atoms with E-state index < -0.39 is 22.6 Å². The summed E-state index contributed by atoms with van der Waals surface area (Å²) in [5.74, 6) is -3.20. The molecule has 0 aliphatic heterocycles. The summed E-state index contributed by atoms with van der Waals surface area (Å²) in [4.78, 5) is 17.5. The smallest absolute Gasteiger partial charge is 0.322 e. The van der Waals surface area contributed by atoms with Gasteiger partial charge in [-0.3, -0.25) is 4.79 Å². The minimum absolute atomic E-state index is 0.103. The highest BCUT2D eigenvalue weighted by Gasteiger charge is 2.64. The number of rotatable bonds is 6. The second-order valence-electron chi connectivity index (χ2n) is 11.4. The summed E-state index contributed by atoms with van der Waals surface area (Å²) < 4.78 is 33.4. The molecule has 9 heteroatoms. The first kappa shape index (κ1) is 23.1. The molecule has 8 rings (SSSR count). The Morgan fingerprint density at radius 3 is 2.51 bits per heavy atom. The summed E-state index contributed by atoms with van der Waals surface area (Å²) in [6.45, 7) is 0.740. The molecule has 6 aliphatic rings. The molecule has 4 bridgehead atoms. The average Bonchev–Trinajstić information content (AvgIpc) is 3.28. The third-order valence-electron chi connectivity index (χ3n) is 9.41. The summed E-state index contributed by atoms with van der Waals surface area (Å²) >= 11 is 3.57. The Bertz CT molecular complexity index is 1210. The van der Waals surface area contributed by atoms with E-state index in [2.05, 4.69) is 37.5 Å². The molecule has 6 saturated carbocycles. The van der Waals surface area contributed by atoms with Crippen LogP contribution in [0.2, 0.25) is 0 Å². The molecule has 0 spiro atoms. The van der Waals surface area contributed by atoms with Crippen molar-refractivity contribution in [3.63, 3.8) is 0 Å². The maximum atomic E-state index is 13.8. The van der Waals surface area contributed by atoms with E-state index in [1.807, 2.05) is 24.3 Å². The number of aromatic nitrogens is 2. The van der Waals surface area contributed by atoms with Crippen LogP contribution in [-0.2, 0) is 16.1 Å². The van der Waals surface area contributed by atoms with Gasteiger partial charge in [0.1, 0.15) is 0 Å². The topological polar surface area (TPSA) is 91.8 Å². The third kappa shape index (κ3) is 3.39. The molecule has 6 aliphatic carbocycles. The van der Waals surface area contributed by atoms with Crippen molar-refractivity contribution in [2.45, 2.75) is 75.7 Å². The molecule has 6 nitrogen and oxygen atoms in total. The number of alkyl halides is 2. The Labute approximate surface area is 211 Å². The molecular weight excluding hydrogens is 518 g/mol. The lowest BCUT2D eigenvalue weighted by atomic mass is 9.43. The fraction of sp³-hybridized carbons (Fsp3) is 0.615. The standard InChI is InChI=1S/C26H27BrF2N4O2/c1-23(28,29)22-32-20(33-35-22)24-5-7-26(8-6-24,17(13-24)14-30)19(16-3-2-4-18(27)9-16)31-21(34)25-10-15(11-25)12-25/h2-4,9,15,17,19H,5-8,10-13H2,1H3,(H,31,34). The molecular formula is C26H27BrF2N4O2. The van der Waals surface area contributed by atoms with Crippen LogP contribution in [0.15, 0.2) is 33.3 Å². The van der Waals surface area contributed by atoms with Crippen LogP contribution in [0.5, 0.6) is 0 Å². The van der Waals surface area contributed by atoms with Gasteiger partial charge in [-0.15, -0.1) is 0 Å². The predicted octanol–water partition coefficient (Wildman–Crippen LogP) is 5.94. The Hall–Kier alpha value is -2.34. The van der Waals surface area contributed by atoms with E-state index >= 15 is 0 Å². The number of carbonyl (C=O) groups excluding carboxylic acids is 1. The highest BCUT2D eigenvalue weighted by molar-refractivity contribution is 9.10. The second-order valence-corrected chi connectivity index (χ2v) is 12.3. The fourth-order valence-corrected chi connectivity index (χ4v) is 7.64. The Balaban J connectivity index is 1.34. The molecule has 0 radical (unpaired) electrons. The Morgan fingerprint density at radius 1 is 1.26 bits per heavy atom. The van der Waals surface area contributed by atoms with E-state index in [1.165, 1.54) is 0 Å². The molecule has 2 aromatic rings. The molecule has 1 heterocycles. The minimum Gasteiger partial charge on any atom is -0.348 e. The van der Waals surface area contributed by atoms with Crippen LogP contribution >= 0.6 is 15.9 Å². The molecule has 1 amide bonds. The number of carbonyl (C=O) groups is 1. The fourth-order valence-electron chi connectivity index (χ4n) is 7.22. The van der Waals surface area contributed by atoms with Crippen molar-refractivity contribution in [2.24, 2.45) is 22.7 Å². The zero-order valence-corrected chi connectivity index (χ0v) is 21.1. The maximum absolute atomic E-state index is 13.8. The number of fused-ring (bicyclic) bond motifs is 3. The average molecular weight is 545 g/mol. The van der Waals surface area contributed by atoms with E-state index in [0.29, 0.717) is 38.0 Å². The van der Waals surface area contributed by atoms with Crippen molar-refractivity contribution < 1.29 is 18.1 Å². The number of nitrogens with zero attached hydrogens (tertiary/aromatic N) is 3. The summed E-state index contributed by atoms with van der Waals surface area (Å²) in [6, 6.07) is 10.2. The zero-order valence-electron chi connectivity index (χ0n) is 19.5. The summed E-state index contributed by atoms with van der Waals surface area (Å²) in [7, 11) is 0. The first-order chi connectivity index (χ1) is 16.6. The molecule has 2 unspecified atom stereocenters. The van der Waals surface area contributed by atoms with Crippen molar-refractivity contribution in [3.8, 4) is 6.07 Å². The number of halogens is 3. The quantitative estimate of drug-likeness (QED) is 0.485. The lowest BCUT2D eigenvalue weighted by molar-refractivity contribution is -0.168. The van der Waals surface area contributed by atoms with Crippen LogP contribution < -0.4 is 5.32 Å². The van der Waals surface area contributed by atoms with Crippen LogP contribution in [0.4, 0.5) is 8.78 Å². The lowest BCUT2D eigenvalue weighted by Gasteiger charge is -2.62. The normalized spacial score (nSPS) is 36.0. The number of nitriles is 1. The molecule has 1 aromatic carbocycles. The molecule has 184 valence electrons. The van der Waals surface area contributed by atoms with Gasteiger partial charge < -0.3 is 9.84 Å². The lowest BCUT2D eigenvalue weighted by Crippen LogP contribution is -2.63. The van der Waals surface area contributed by atoms with Gasteiger partial charge in [0.2, 0.25) is 5.91 Å². The van der Waals surface area contributed by atoms with Crippen LogP contribution in [0, 0.1) is 34.0 Å². The molecule has 6 fully saturated rings. The second kappa shape index (κ2) is 7.58. The van der Waals surface area contributed by atoms with E-state index in [-0.39, 0.29) is 29.1 Å². The van der Waals surface area contributed by atoms with Gasteiger partial charge >= 0.3 is 5.92 Å². The van der Waals surface area contributed by atoms with Gasteiger partial charge in [-0.05, 0) is 75.0 Å². The molecule has 0 saturated heterocycles. The molecule has 2 atom stereocenters. The van der Waals surface area contributed by atoms with E-state index in [0.717, 1.165) is 36.2 Å². The predicted molar refractivity (Wildman–Crippen MR) is 125 cm³/mol. The van der Waals surface area contributed by atoms with Gasteiger partial charge in [-0.2, -0.15) is 19.0 Å². The highest BCUT2D eigenvalue weighted by Crippen LogP contribution is 2.67. The minimum atomic E-state index is -3.21. The third-order valence-corrected chi connectivity index (χ3v) is 9.90. The Morgan fingerprint density at radius 2 is 1.97 bits per heavy atom. The number of nitrogens with one attached hydrogen (secondary N) is 1. The van der Waals surface area contributed by atoms with E-state index in [1.54, 1.807) is 0 Å². The molecule has 1 N–H and O–H groups in total. The monoisotopic (exact) mass is 544 g/mol. The van der Waals surface area contributed by atoms with Crippen LogP contribution in [-0.4, -0.2) is 16.0 Å². The highest BCUT2D eigenvalue weighted by atomic mass is 79.9. The SMILES string of the molecule is CC(F)(F)c1nc(C23CCC(C(NC(=O)C45CC(C4)C5)c4cccc(Br)c4)(CC2)C(C#N)C3)no1. The van der Waals surface area contributed by atoms with Gasteiger partial charge in [-0.25, -0.2) is 0 Å². The van der Waals surface area contributed by atoms with E-state index in [9.17, 15) is 18.8 Å². The maximum Gasteiger partial charge on any atom is 0.322 e. The van der Waals surface area contributed by atoms with Gasteiger partial charge in [0.05, 0.1) is 18.0 Å².